The number of hydrogen-bond acceptors (Lipinski definition) is 7. The van der Waals surface area contributed by atoms with Gasteiger partial charge in [0.1, 0.15) is 0 Å². The number of fused-ring (bicyclic) bond motifs is 1. The molecule has 1 fully saturated rings. The standard InChI is InChI=1S/C49H52N4O5/c1-33(38-25-24-36-11-3-4-12-40(36)27-38)53(2)31-43-29-46(37-22-20-34(32-54)21-23-37)58-49(57-43)42-15-8-14-41(28-42)39-13-7-10-35(26-39)30-51-47(55)18-9-19-48(56)52-45-17-6-5-16-44(45)50/h3-8,10-17,20-28,33,43,46,49,54H,9,18-19,29-32,50H2,1-2H3,(H,51,55)(H,52,56)/t33-,43-,46+,49+/m1/s1. The number of nitrogens with one attached hydrogen (secondary N) is 2. The molecule has 0 saturated carbocycles. The molecule has 0 radical (unpaired) electrons. The van der Waals surface area contributed by atoms with Gasteiger partial charge in [-0.05, 0) is 94.9 Å². The molecule has 0 unspecified atom stereocenters. The number of likely N-dealkylation sites (N-methyl/N-ethyl adjacent to an activating group) is 1. The third kappa shape index (κ3) is 10.4. The number of ether oxygens (including phenoxy) is 2. The predicted octanol–water partition coefficient (Wildman–Crippen LogP) is 9.24. The van der Waals surface area contributed by atoms with Gasteiger partial charge < -0.3 is 30.9 Å². The Balaban J connectivity index is 1.00. The van der Waals surface area contributed by atoms with E-state index >= 15 is 0 Å². The third-order valence-electron chi connectivity index (χ3n) is 11.0. The number of carbonyl (C=O) groups excluding carboxylic acids is 2. The van der Waals surface area contributed by atoms with Gasteiger partial charge in [0, 0.05) is 44.0 Å². The Morgan fingerprint density at radius 3 is 2.28 bits per heavy atom. The molecule has 7 rings (SSSR count). The number of para-hydroxylation sites is 2. The molecule has 5 N–H and O–H groups in total. The van der Waals surface area contributed by atoms with Gasteiger partial charge in [-0.2, -0.15) is 0 Å². The highest BCUT2D eigenvalue weighted by Gasteiger charge is 2.33. The van der Waals surface area contributed by atoms with Crippen LogP contribution < -0.4 is 16.4 Å². The summed E-state index contributed by atoms with van der Waals surface area (Å²) < 4.78 is 13.5. The molecule has 0 aromatic heterocycles. The van der Waals surface area contributed by atoms with E-state index in [0.29, 0.717) is 37.3 Å². The van der Waals surface area contributed by atoms with Crippen molar-refractivity contribution < 1.29 is 24.2 Å². The summed E-state index contributed by atoms with van der Waals surface area (Å²) in [5, 5.41) is 17.9. The van der Waals surface area contributed by atoms with Gasteiger partial charge in [0.05, 0.1) is 30.2 Å². The van der Waals surface area contributed by atoms with Crippen LogP contribution in [0.15, 0.2) is 140 Å². The molecule has 0 aliphatic carbocycles. The van der Waals surface area contributed by atoms with Gasteiger partial charge >= 0.3 is 0 Å². The van der Waals surface area contributed by atoms with Gasteiger partial charge in [-0.3, -0.25) is 14.5 Å². The first-order valence-electron chi connectivity index (χ1n) is 20.0. The van der Waals surface area contributed by atoms with E-state index in [9.17, 15) is 14.7 Å². The molecule has 2 amide bonds. The quantitative estimate of drug-likeness (QED) is 0.0767. The lowest BCUT2D eigenvalue weighted by Crippen LogP contribution is -2.38. The molecule has 298 valence electrons. The zero-order valence-corrected chi connectivity index (χ0v) is 33.1. The Morgan fingerprint density at radius 2 is 1.48 bits per heavy atom. The molecule has 6 aromatic carbocycles. The van der Waals surface area contributed by atoms with E-state index in [-0.39, 0.29) is 49.5 Å². The normalized spacial score (nSPS) is 17.2. The van der Waals surface area contributed by atoms with Crippen molar-refractivity contribution in [3.63, 3.8) is 0 Å². The largest absolute Gasteiger partial charge is 0.397 e. The van der Waals surface area contributed by atoms with Crippen molar-refractivity contribution in [3.05, 3.63) is 167 Å². The molecule has 58 heavy (non-hydrogen) atoms. The average molecular weight is 777 g/mol. The van der Waals surface area contributed by atoms with Crippen molar-refractivity contribution >= 4 is 34.0 Å². The van der Waals surface area contributed by atoms with Gasteiger partial charge in [-0.25, -0.2) is 0 Å². The van der Waals surface area contributed by atoms with Crippen LogP contribution in [-0.4, -0.2) is 41.5 Å². The zero-order chi connectivity index (χ0) is 40.4. The number of aliphatic hydroxyl groups excluding tert-OH is 1. The minimum absolute atomic E-state index is 0.00973. The van der Waals surface area contributed by atoms with E-state index in [1.807, 2.05) is 60.7 Å². The maximum absolute atomic E-state index is 12.7. The van der Waals surface area contributed by atoms with Crippen LogP contribution in [0.3, 0.4) is 0 Å². The minimum atomic E-state index is -0.597. The SMILES string of the molecule is C[C@H](c1ccc2ccccc2c1)N(C)C[C@H]1C[C@@H](c2ccc(CO)cc2)O[C@@H](c2cccc(-c3cccc(CNC(=O)CCCC(=O)Nc4ccccc4N)c3)c2)O1. The first kappa shape index (κ1) is 40.4. The fourth-order valence-electron chi connectivity index (χ4n) is 7.48. The van der Waals surface area contributed by atoms with Crippen LogP contribution >= 0.6 is 0 Å². The molecule has 9 nitrogen and oxygen atoms in total. The van der Waals surface area contributed by atoms with E-state index in [2.05, 4.69) is 96.2 Å². The van der Waals surface area contributed by atoms with Crippen LogP contribution in [0, 0.1) is 0 Å². The van der Waals surface area contributed by atoms with Crippen LogP contribution in [-0.2, 0) is 32.2 Å². The first-order chi connectivity index (χ1) is 28.2. The molecular formula is C49H52N4O5. The van der Waals surface area contributed by atoms with E-state index in [1.165, 1.54) is 16.3 Å². The van der Waals surface area contributed by atoms with Crippen LogP contribution in [0.2, 0.25) is 0 Å². The van der Waals surface area contributed by atoms with E-state index in [1.54, 1.807) is 12.1 Å². The number of nitrogens with two attached hydrogens (primary N) is 1. The van der Waals surface area contributed by atoms with Gasteiger partial charge in [-0.15, -0.1) is 0 Å². The van der Waals surface area contributed by atoms with Crippen molar-refractivity contribution in [3.8, 4) is 11.1 Å². The van der Waals surface area contributed by atoms with Crippen LogP contribution in [0.5, 0.6) is 0 Å². The van der Waals surface area contributed by atoms with Crippen molar-refractivity contribution in [2.75, 3.05) is 24.6 Å². The summed E-state index contributed by atoms with van der Waals surface area (Å²) in [6.07, 6.45) is 0.675. The zero-order valence-electron chi connectivity index (χ0n) is 33.1. The lowest BCUT2D eigenvalue weighted by atomic mass is 9.97. The van der Waals surface area contributed by atoms with Crippen molar-refractivity contribution in [2.45, 2.75) is 70.3 Å². The van der Waals surface area contributed by atoms with Crippen molar-refractivity contribution in [2.24, 2.45) is 0 Å². The Kier molecular flexibility index (Phi) is 13.3. The number of nitrogens with zero attached hydrogens (tertiary/aromatic N) is 1. The molecule has 1 heterocycles. The molecule has 1 aliphatic rings. The molecule has 0 bridgehead atoms. The van der Waals surface area contributed by atoms with Crippen LogP contribution in [0.4, 0.5) is 11.4 Å². The third-order valence-corrected chi connectivity index (χ3v) is 11.0. The van der Waals surface area contributed by atoms with Gasteiger partial charge in [-0.1, -0.05) is 109 Å². The number of nitrogen functional groups attached to an aromatic ring is 1. The Morgan fingerprint density at radius 1 is 0.759 bits per heavy atom. The van der Waals surface area contributed by atoms with Gasteiger partial charge in [0.25, 0.3) is 0 Å². The highest BCUT2D eigenvalue weighted by Crippen LogP contribution is 2.39. The number of aliphatic hydroxyl groups is 1. The molecule has 1 aliphatic heterocycles. The number of anilines is 2. The second-order valence-corrected chi connectivity index (χ2v) is 15.2. The maximum Gasteiger partial charge on any atom is 0.224 e. The fourth-order valence-corrected chi connectivity index (χ4v) is 7.48. The summed E-state index contributed by atoms with van der Waals surface area (Å²) in [6, 6.07) is 46.8. The highest BCUT2D eigenvalue weighted by atomic mass is 16.7. The minimum Gasteiger partial charge on any atom is -0.397 e. The number of carbonyl (C=O) groups is 2. The number of benzene rings is 6. The lowest BCUT2D eigenvalue weighted by molar-refractivity contribution is -0.253. The lowest BCUT2D eigenvalue weighted by Gasteiger charge is -2.39. The van der Waals surface area contributed by atoms with E-state index in [0.717, 1.165) is 33.4 Å². The summed E-state index contributed by atoms with van der Waals surface area (Å²) in [7, 11) is 2.15. The summed E-state index contributed by atoms with van der Waals surface area (Å²) in [6.45, 7) is 3.31. The van der Waals surface area contributed by atoms with Crippen molar-refractivity contribution in [1.82, 2.24) is 10.2 Å². The monoisotopic (exact) mass is 776 g/mol. The molecular weight excluding hydrogens is 725 g/mol. The summed E-state index contributed by atoms with van der Waals surface area (Å²) in [5.74, 6) is -0.287. The first-order valence-corrected chi connectivity index (χ1v) is 20.0. The van der Waals surface area contributed by atoms with Crippen LogP contribution in [0.1, 0.15) is 78.9 Å². The average Bonchev–Trinajstić information content (AvgIpc) is 3.26. The summed E-state index contributed by atoms with van der Waals surface area (Å²) >= 11 is 0. The number of rotatable bonds is 15. The Hall–Kier alpha value is -5.84. The Bertz CT molecular complexity index is 2330. The molecule has 1 saturated heterocycles. The summed E-state index contributed by atoms with van der Waals surface area (Å²) in [4.78, 5) is 27.4. The predicted molar refractivity (Wildman–Crippen MR) is 230 cm³/mol. The highest BCUT2D eigenvalue weighted by molar-refractivity contribution is 5.94. The van der Waals surface area contributed by atoms with Crippen LogP contribution in [0.25, 0.3) is 21.9 Å². The second-order valence-electron chi connectivity index (χ2n) is 15.2. The molecule has 4 atom stereocenters. The van der Waals surface area contributed by atoms with Gasteiger partial charge in [0.2, 0.25) is 11.8 Å². The smallest absolute Gasteiger partial charge is 0.224 e. The maximum atomic E-state index is 12.7. The molecule has 6 aromatic rings. The fraction of sp³-hybridized carbons (Fsp3) is 0.265. The van der Waals surface area contributed by atoms with E-state index in [4.69, 9.17) is 15.2 Å². The molecule has 0 spiro atoms. The Labute approximate surface area is 340 Å². The number of amides is 2. The molecule has 9 heteroatoms. The number of hydrogen-bond donors (Lipinski definition) is 4. The van der Waals surface area contributed by atoms with E-state index < -0.39 is 6.29 Å². The van der Waals surface area contributed by atoms with Crippen molar-refractivity contribution in [1.29, 1.82) is 0 Å². The topological polar surface area (TPSA) is 126 Å². The summed E-state index contributed by atoms with van der Waals surface area (Å²) in [5.41, 5.74) is 14.1. The second kappa shape index (κ2) is 19.1. The van der Waals surface area contributed by atoms with Gasteiger partial charge in [0.15, 0.2) is 6.29 Å².